The number of aryl methyl sites for hydroxylation is 1. The summed E-state index contributed by atoms with van der Waals surface area (Å²) in [6.07, 6.45) is 2.17. The summed E-state index contributed by atoms with van der Waals surface area (Å²) in [5.41, 5.74) is 2.59. The van der Waals surface area contributed by atoms with E-state index >= 15 is 0 Å². The van der Waals surface area contributed by atoms with Crippen LogP contribution in [0, 0.1) is 6.07 Å². The van der Waals surface area contributed by atoms with Crippen LogP contribution in [0.3, 0.4) is 0 Å². The fourth-order valence-electron chi connectivity index (χ4n) is 0.944. The van der Waals surface area contributed by atoms with Crippen LogP contribution in [0.15, 0.2) is 36.4 Å². The molecule has 0 radical (unpaired) electrons. The summed E-state index contributed by atoms with van der Waals surface area (Å²) < 4.78 is 0. The first kappa shape index (κ1) is 15.7. The van der Waals surface area contributed by atoms with Gasteiger partial charge in [-0.05, 0) is 13.3 Å². The maximum absolute atomic E-state index is 3.86. The van der Waals surface area contributed by atoms with Crippen molar-refractivity contribution in [1.82, 2.24) is 0 Å². The number of allylic oxidation sites excluding steroid dienone is 1. The number of halogens is 1. The minimum absolute atomic E-state index is 0. The zero-order chi connectivity index (χ0) is 8.10. The van der Waals surface area contributed by atoms with E-state index in [4.69, 9.17) is 0 Å². The molecular weight excluding hydrogens is 236 g/mol. The van der Waals surface area contributed by atoms with Crippen molar-refractivity contribution in [2.45, 2.75) is 19.8 Å². The Kier molecular flexibility index (Phi) is 10.6. The molecule has 0 spiro atoms. The van der Waals surface area contributed by atoms with E-state index in [1.54, 1.807) is 0 Å². The zero-order valence-electron chi connectivity index (χ0n) is 8.02. The molecule has 1 aromatic carbocycles. The van der Waals surface area contributed by atoms with Gasteiger partial charge in [0.2, 0.25) is 0 Å². The third-order valence-corrected chi connectivity index (χ3v) is 1.61. The fraction of sp³-hybridized carbons (Fsp3) is 0.273. The standard InChI is InChI=1S/C11H13.BrH.Mg/c1-10(2)8-9-11-6-4-3-5-7-11;;/h3-4,6-7H,1,8-9H2,2H3;1H;/q-1;;+2/p-1. The average molecular weight is 249 g/mol. The van der Waals surface area contributed by atoms with Gasteiger partial charge in [-0.2, -0.15) is 35.9 Å². The molecule has 0 saturated carbocycles. The SMILES string of the molecule is C=C(C)CCc1c[c-]ccc1.[Br-].[Mg+2]. The molecule has 0 aliphatic heterocycles. The predicted octanol–water partition coefficient (Wildman–Crippen LogP) is -0.381. The Morgan fingerprint density at radius 3 is 2.69 bits per heavy atom. The van der Waals surface area contributed by atoms with Crippen molar-refractivity contribution in [2.75, 3.05) is 0 Å². The van der Waals surface area contributed by atoms with Gasteiger partial charge in [0.15, 0.2) is 0 Å². The molecule has 0 unspecified atom stereocenters. The van der Waals surface area contributed by atoms with Crippen LogP contribution in [0.2, 0.25) is 0 Å². The molecule has 0 fully saturated rings. The predicted molar refractivity (Wildman–Crippen MR) is 54.2 cm³/mol. The summed E-state index contributed by atoms with van der Waals surface area (Å²) in [5, 5.41) is 0. The smallest absolute Gasteiger partial charge is 1.00 e. The van der Waals surface area contributed by atoms with Crippen LogP contribution in [0.25, 0.3) is 0 Å². The maximum atomic E-state index is 3.86. The summed E-state index contributed by atoms with van der Waals surface area (Å²) in [6.45, 7) is 5.92. The monoisotopic (exact) mass is 248 g/mol. The molecule has 0 nitrogen and oxygen atoms in total. The Labute approximate surface area is 107 Å². The summed E-state index contributed by atoms with van der Waals surface area (Å²) in [4.78, 5) is 0. The molecule has 0 heterocycles. The van der Waals surface area contributed by atoms with Crippen molar-refractivity contribution in [1.29, 1.82) is 0 Å². The van der Waals surface area contributed by atoms with E-state index < -0.39 is 0 Å². The van der Waals surface area contributed by atoms with Gasteiger partial charge in [-0.1, -0.05) is 12.0 Å². The summed E-state index contributed by atoms with van der Waals surface area (Å²) in [7, 11) is 0. The van der Waals surface area contributed by atoms with E-state index in [1.807, 2.05) is 18.2 Å². The van der Waals surface area contributed by atoms with Gasteiger partial charge in [-0.3, -0.25) is 0 Å². The first-order valence-corrected chi connectivity index (χ1v) is 3.88. The molecule has 0 atom stereocenters. The molecular formula is C11H13BrMg. The van der Waals surface area contributed by atoms with Crippen molar-refractivity contribution in [3.8, 4) is 0 Å². The number of hydrogen-bond donors (Lipinski definition) is 0. The molecule has 0 N–H and O–H groups in total. The molecule has 0 amide bonds. The topological polar surface area (TPSA) is 0 Å². The summed E-state index contributed by atoms with van der Waals surface area (Å²) in [6, 6.07) is 11.2. The Morgan fingerprint density at radius 1 is 1.54 bits per heavy atom. The van der Waals surface area contributed by atoms with E-state index in [0.717, 1.165) is 12.8 Å². The minimum atomic E-state index is 0. The Hall–Kier alpha value is 0.206. The first-order valence-electron chi connectivity index (χ1n) is 3.88. The number of benzene rings is 1. The quantitative estimate of drug-likeness (QED) is 0.389. The van der Waals surface area contributed by atoms with Crippen LogP contribution in [-0.4, -0.2) is 23.1 Å². The molecule has 2 heteroatoms. The van der Waals surface area contributed by atoms with Crippen LogP contribution in [0.5, 0.6) is 0 Å². The van der Waals surface area contributed by atoms with Gasteiger partial charge < -0.3 is 17.0 Å². The molecule has 13 heavy (non-hydrogen) atoms. The van der Waals surface area contributed by atoms with Crippen LogP contribution in [-0.2, 0) is 6.42 Å². The van der Waals surface area contributed by atoms with Gasteiger partial charge in [-0.15, -0.1) is 6.58 Å². The minimum Gasteiger partial charge on any atom is -1.00 e. The van der Waals surface area contributed by atoms with Gasteiger partial charge in [0.1, 0.15) is 0 Å². The molecule has 0 aromatic heterocycles. The Morgan fingerprint density at radius 2 is 2.23 bits per heavy atom. The molecule has 0 aliphatic carbocycles. The van der Waals surface area contributed by atoms with E-state index in [9.17, 15) is 0 Å². The summed E-state index contributed by atoms with van der Waals surface area (Å²) in [5.74, 6) is 0. The fourth-order valence-corrected chi connectivity index (χ4v) is 0.944. The van der Waals surface area contributed by atoms with Gasteiger partial charge in [0.05, 0.1) is 0 Å². The number of rotatable bonds is 3. The second-order valence-electron chi connectivity index (χ2n) is 2.87. The third-order valence-electron chi connectivity index (χ3n) is 1.61. The van der Waals surface area contributed by atoms with Crippen LogP contribution in [0.4, 0.5) is 0 Å². The van der Waals surface area contributed by atoms with E-state index in [0.29, 0.717) is 0 Å². The van der Waals surface area contributed by atoms with Crippen molar-refractivity contribution in [3.05, 3.63) is 48.0 Å². The van der Waals surface area contributed by atoms with Crippen LogP contribution >= 0.6 is 0 Å². The van der Waals surface area contributed by atoms with Crippen molar-refractivity contribution in [2.24, 2.45) is 0 Å². The van der Waals surface area contributed by atoms with E-state index in [2.05, 4.69) is 25.6 Å². The molecule has 1 aromatic rings. The van der Waals surface area contributed by atoms with Crippen LogP contribution in [0.1, 0.15) is 18.9 Å². The molecule has 0 bridgehead atoms. The molecule has 0 aliphatic rings. The van der Waals surface area contributed by atoms with Crippen molar-refractivity contribution >= 4 is 23.1 Å². The van der Waals surface area contributed by atoms with E-state index in [-0.39, 0.29) is 40.0 Å². The van der Waals surface area contributed by atoms with Crippen molar-refractivity contribution in [3.63, 3.8) is 0 Å². The average Bonchev–Trinajstić information content (AvgIpc) is 2.03. The summed E-state index contributed by atoms with van der Waals surface area (Å²) >= 11 is 0. The maximum Gasteiger partial charge on any atom is 2.00 e. The number of hydrogen-bond acceptors (Lipinski definition) is 0. The molecule has 66 valence electrons. The first-order chi connectivity index (χ1) is 5.29. The van der Waals surface area contributed by atoms with Gasteiger partial charge in [0.25, 0.3) is 0 Å². The molecule has 1 rings (SSSR count). The van der Waals surface area contributed by atoms with Crippen LogP contribution < -0.4 is 17.0 Å². The second-order valence-corrected chi connectivity index (χ2v) is 2.87. The van der Waals surface area contributed by atoms with Gasteiger partial charge in [-0.25, -0.2) is 0 Å². The largest absolute Gasteiger partial charge is 2.00 e. The Bertz CT molecular complexity index is 231. The zero-order valence-corrected chi connectivity index (χ0v) is 11.0. The third kappa shape index (κ3) is 7.29. The van der Waals surface area contributed by atoms with Gasteiger partial charge >= 0.3 is 23.1 Å². The normalized spacial score (nSPS) is 8.08. The van der Waals surface area contributed by atoms with Gasteiger partial charge in [0, 0.05) is 0 Å². The van der Waals surface area contributed by atoms with E-state index in [1.165, 1.54) is 11.1 Å². The van der Waals surface area contributed by atoms with Crippen molar-refractivity contribution < 1.29 is 17.0 Å². The Balaban J connectivity index is 0. The second kappa shape index (κ2) is 8.79. The molecule has 0 saturated heterocycles.